The Balaban J connectivity index is 1.62. The average Bonchev–Trinajstić information content (AvgIpc) is 3.45. The van der Waals surface area contributed by atoms with E-state index < -0.39 is 0 Å². The molecule has 0 aliphatic carbocycles. The lowest BCUT2D eigenvalue weighted by molar-refractivity contribution is 0.374. The van der Waals surface area contributed by atoms with E-state index in [0.717, 1.165) is 34.5 Å². The summed E-state index contributed by atoms with van der Waals surface area (Å²) in [5, 5.41) is 15.9. The molecule has 0 aliphatic rings. The first kappa shape index (κ1) is 18.9. The number of hydrogen-bond donors (Lipinski definition) is 0. The zero-order valence-electron chi connectivity index (χ0n) is 15.8. The summed E-state index contributed by atoms with van der Waals surface area (Å²) in [7, 11) is 0. The van der Waals surface area contributed by atoms with Crippen LogP contribution in [0, 0.1) is 0 Å². The molecule has 144 valence electrons. The normalized spacial score (nSPS) is 12.4. The second-order valence-electron chi connectivity index (χ2n) is 6.41. The molecular weight excluding hydrogens is 390 g/mol. The van der Waals surface area contributed by atoms with E-state index in [1.54, 1.807) is 23.1 Å². The molecule has 4 aromatic rings. The highest BCUT2D eigenvalue weighted by molar-refractivity contribution is 7.99. The molecule has 0 bridgehead atoms. The van der Waals surface area contributed by atoms with E-state index in [1.807, 2.05) is 24.3 Å². The molecule has 0 N–H and O–H groups in total. The Labute approximate surface area is 172 Å². The summed E-state index contributed by atoms with van der Waals surface area (Å²) in [6, 6.07) is 14.5. The number of aryl methyl sites for hydroxylation is 1. The Morgan fingerprint density at radius 3 is 2.75 bits per heavy atom. The van der Waals surface area contributed by atoms with Gasteiger partial charge in [0, 0.05) is 6.42 Å². The smallest absolute Gasteiger partial charge is 0.239 e. The van der Waals surface area contributed by atoms with Gasteiger partial charge in [-0.25, -0.2) is 0 Å². The molecule has 0 amide bonds. The van der Waals surface area contributed by atoms with Gasteiger partial charge < -0.3 is 4.52 Å². The molecule has 0 radical (unpaired) electrons. The minimum Gasteiger partial charge on any atom is -0.338 e. The minimum atomic E-state index is -0.00647. The van der Waals surface area contributed by atoms with Crippen molar-refractivity contribution < 1.29 is 4.52 Å². The standard InChI is InChI=1S/C20H21N5OS2/c1-3-8-17-21-19(26-24-17)14(2)28-20-23-22-18(16-11-7-12-27-16)25(20)13-15-9-5-4-6-10-15/h4-7,9-12,14H,3,8,13H2,1-2H3/t14-/m0/s1. The number of benzene rings is 1. The zero-order chi connectivity index (χ0) is 19.3. The third-order valence-corrected chi connectivity index (χ3v) is 6.16. The number of nitrogens with zero attached hydrogens (tertiary/aromatic N) is 5. The highest BCUT2D eigenvalue weighted by atomic mass is 32.2. The molecule has 28 heavy (non-hydrogen) atoms. The van der Waals surface area contributed by atoms with E-state index in [4.69, 9.17) is 4.52 Å². The summed E-state index contributed by atoms with van der Waals surface area (Å²) in [5.74, 6) is 2.26. The van der Waals surface area contributed by atoms with Crippen molar-refractivity contribution in [3.05, 3.63) is 65.1 Å². The van der Waals surface area contributed by atoms with E-state index in [-0.39, 0.29) is 5.25 Å². The molecule has 1 atom stereocenters. The van der Waals surface area contributed by atoms with Crippen molar-refractivity contribution in [1.82, 2.24) is 24.9 Å². The first-order chi connectivity index (χ1) is 13.7. The lowest BCUT2D eigenvalue weighted by atomic mass is 10.2. The Morgan fingerprint density at radius 2 is 2.00 bits per heavy atom. The summed E-state index contributed by atoms with van der Waals surface area (Å²) in [6.45, 7) is 4.87. The number of thiophene rings is 1. The summed E-state index contributed by atoms with van der Waals surface area (Å²) in [4.78, 5) is 5.62. The number of hydrogen-bond acceptors (Lipinski definition) is 7. The molecule has 8 heteroatoms. The van der Waals surface area contributed by atoms with Crippen molar-refractivity contribution in [2.45, 2.75) is 43.6 Å². The van der Waals surface area contributed by atoms with Crippen molar-refractivity contribution in [2.75, 3.05) is 0 Å². The van der Waals surface area contributed by atoms with E-state index in [1.165, 1.54) is 5.56 Å². The van der Waals surface area contributed by atoms with Crippen LogP contribution in [0.25, 0.3) is 10.7 Å². The number of aromatic nitrogens is 5. The predicted octanol–water partition coefficient (Wildman–Crippen LogP) is 5.24. The molecule has 0 spiro atoms. The van der Waals surface area contributed by atoms with Gasteiger partial charge in [0.1, 0.15) is 0 Å². The second kappa shape index (κ2) is 8.70. The SMILES string of the molecule is CCCc1noc([C@H](C)Sc2nnc(-c3cccs3)n2Cc2ccccc2)n1. The van der Waals surface area contributed by atoms with Crippen LogP contribution in [0.4, 0.5) is 0 Å². The topological polar surface area (TPSA) is 69.6 Å². The van der Waals surface area contributed by atoms with Crippen molar-refractivity contribution in [2.24, 2.45) is 0 Å². The van der Waals surface area contributed by atoms with Gasteiger partial charge in [-0.3, -0.25) is 4.57 Å². The van der Waals surface area contributed by atoms with Crippen molar-refractivity contribution in [3.8, 4) is 10.7 Å². The van der Waals surface area contributed by atoms with Gasteiger partial charge in [0.2, 0.25) is 5.89 Å². The Bertz CT molecular complexity index is 1010. The molecule has 1 aromatic carbocycles. The quantitative estimate of drug-likeness (QED) is 0.369. The van der Waals surface area contributed by atoms with Crippen LogP contribution in [0.5, 0.6) is 0 Å². The van der Waals surface area contributed by atoms with Gasteiger partial charge in [-0.2, -0.15) is 4.98 Å². The Kier molecular flexibility index (Phi) is 5.87. The summed E-state index contributed by atoms with van der Waals surface area (Å²) in [5.41, 5.74) is 1.21. The molecule has 3 heterocycles. The molecule has 0 aliphatic heterocycles. The van der Waals surface area contributed by atoms with E-state index in [9.17, 15) is 0 Å². The Hall–Kier alpha value is -2.45. The minimum absolute atomic E-state index is 0.00647. The maximum atomic E-state index is 5.45. The maximum Gasteiger partial charge on any atom is 0.239 e. The van der Waals surface area contributed by atoms with Crippen LogP contribution < -0.4 is 0 Å². The van der Waals surface area contributed by atoms with Crippen molar-refractivity contribution >= 4 is 23.1 Å². The second-order valence-corrected chi connectivity index (χ2v) is 8.67. The lowest BCUT2D eigenvalue weighted by Crippen LogP contribution is -2.04. The third-order valence-electron chi connectivity index (χ3n) is 4.23. The zero-order valence-corrected chi connectivity index (χ0v) is 17.4. The molecular formula is C20H21N5OS2. The van der Waals surface area contributed by atoms with Gasteiger partial charge in [0.15, 0.2) is 16.8 Å². The monoisotopic (exact) mass is 411 g/mol. The van der Waals surface area contributed by atoms with Crippen LogP contribution in [0.2, 0.25) is 0 Å². The summed E-state index contributed by atoms with van der Waals surface area (Å²) in [6.07, 6.45) is 1.82. The van der Waals surface area contributed by atoms with E-state index >= 15 is 0 Å². The van der Waals surface area contributed by atoms with Crippen LogP contribution in [-0.4, -0.2) is 24.9 Å². The largest absolute Gasteiger partial charge is 0.338 e. The van der Waals surface area contributed by atoms with Gasteiger partial charge in [-0.05, 0) is 30.4 Å². The number of rotatable bonds is 8. The maximum absolute atomic E-state index is 5.45. The van der Waals surface area contributed by atoms with Gasteiger partial charge in [-0.15, -0.1) is 21.5 Å². The summed E-state index contributed by atoms with van der Waals surface area (Å²) >= 11 is 3.25. The van der Waals surface area contributed by atoms with Crippen LogP contribution in [0.3, 0.4) is 0 Å². The lowest BCUT2D eigenvalue weighted by Gasteiger charge is -2.11. The molecule has 4 rings (SSSR count). The van der Waals surface area contributed by atoms with Crippen LogP contribution in [0.1, 0.15) is 42.8 Å². The van der Waals surface area contributed by atoms with Crippen molar-refractivity contribution in [3.63, 3.8) is 0 Å². The molecule has 0 saturated heterocycles. The molecule has 0 fully saturated rings. The molecule has 3 aromatic heterocycles. The van der Waals surface area contributed by atoms with Gasteiger partial charge in [0.25, 0.3) is 0 Å². The predicted molar refractivity (Wildman–Crippen MR) is 111 cm³/mol. The summed E-state index contributed by atoms with van der Waals surface area (Å²) < 4.78 is 7.61. The first-order valence-corrected chi connectivity index (χ1v) is 11.0. The first-order valence-electron chi connectivity index (χ1n) is 9.24. The Morgan fingerprint density at radius 1 is 1.14 bits per heavy atom. The van der Waals surface area contributed by atoms with E-state index in [0.29, 0.717) is 12.4 Å². The highest BCUT2D eigenvalue weighted by Gasteiger charge is 2.21. The van der Waals surface area contributed by atoms with Crippen LogP contribution in [0.15, 0.2) is 57.5 Å². The molecule has 0 unspecified atom stereocenters. The fraction of sp³-hybridized carbons (Fsp3) is 0.300. The van der Waals surface area contributed by atoms with Crippen LogP contribution >= 0.6 is 23.1 Å². The van der Waals surface area contributed by atoms with E-state index in [2.05, 4.69) is 62.3 Å². The number of thioether (sulfide) groups is 1. The van der Waals surface area contributed by atoms with Gasteiger partial charge in [0.05, 0.1) is 16.7 Å². The average molecular weight is 412 g/mol. The highest BCUT2D eigenvalue weighted by Crippen LogP contribution is 2.35. The molecule has 6 nitrogen and oxygen atoms in total. The van der Waals surface area contributed by atoms with Crippen molar-refractivity contribution in [1.29, 1.82) is 0 Å². The van der Waals surface area contributed by atoms with Crippen LogP contribution in [-0.2, 0) is 13.0 Å². The van der Waals surface area contributed by atoms with Gasteiger partial charge in [-0.1, -0.05) is 60.2 Å². The fourth-order valence-electron chi connectivity index (χ4n) is 2.84. The van der Waals surface area contributed by atoms with Gasteiger partial charge >= 0.3 is 0 Å². The molecule has 0 saturated carbocycles. The fourth-order valence-corrected chi connectivity index (χ4v) is 4.44. The third kappa shape index (κ3) is 4.18.